The molecule has 25 heavy (non-hydrogen) atoms. The number of carbonyl (C=O) groups excluding carboxylic acids is 2. The van der Waals surface area contributed by atoms with Crippen molar-refractivity contribution < 1.29 is 14.0 Å². The highest BCUT2D eigenvalue weighted by atomic mass is 19.1. The van der Waals surface area contributed by atoms with E-state index >= 15 is 4.39 Å². The Morgan fingerprint density at radius 3 is 2.00 bits per heavy atom. The van der Waals surface area contributed by atoms with Crippen molar-refractivity contribution in [3.05, 3.63) is 35.4 Å². The summed E-state index contributed by atoms with van der Waals surface area (Å²) in [6.07, 6.45) is 5.81. The molecule has 1 heterocycles. The molecule has 2 bridgehead atoms. The van der Waals surface area contributed by atoms with Crippen LogP contribution in [-0.2, 0) is 0 Å². The maximum absolute atomic E-state index is 15.8. The van der Waals surface area contributed by atoms with Gasteiger partial charge in [-0.05, 0) is 61.5 Å². The molecule has 0 radical (unpaired) electrons. The number of hydrogen-bond donors (Lipinski definition) is 0. The zero-order chi connectivity index (χ0) is 17.9. The third kappa shape index (κ3) is 2.80. The highest BCUT2D eigenvalue weighted by Crippen LogP contribution is 2.60. The van der Waals surface area contributed by atoms with Gasteiger partial charge in [0.25, 0.3) is 11.8 Å². The Kier molecular flexibility index (Phi) is 3.61. The predicted molar refractivity (Wildman–Crippen MR) is 94.2 cm³/mol. The van der Waals surface area contributed by atoms with Crippen LogP contribution in [-0.4, -0.2) is 28.9 Å². The van der Waals surface area contributed by atoms with E-state index in [-0.39, 0.29) is 35.6 Å². The van der Waals surface area contributed by atoms with Crippen LogP contribution in [0.2, 0.25) is 0 Å². The van der Waals surface area contributed by atoms with Gasteiger partial charge in [-0.3, -0.25) is 14.5 Å². The van der Waals surface area contributed by atoms with Gasteiger partial charge in [-0.25, -0.2) is 4.39 Å². The van der Waals surface area contributed by atoms with Crippen LogP contribution >= 0.6 is 0 Å². The summed E-state index contributed by atoms with van der Waals surface area (Å²) in [7, 11) is 0. The second kappa shape index (κ2) is 5.39. The maximum atomic E-state index is 15.8. The van der Waals surface area contributed by atoms with E-state index in [1.807, 2.05) is 0 Å². The fraction of sp³-hybridized carbons (Fsp3) is 0.619. The molecule has 1 aromatic carbocycles. The van der Waals surface area contributed by atoms with E-state index in [4.69, 9.17) is 0 Å². The van der Waals surface area contributed by atoms with E-state index < -0.39 is 5.67 Å². The molecule has 1 aromatic rings. The van der Waals surface area contributed by atoms with Gasteiger partial charge in [0.15, 0.2) is 0 Å². The molecule has 4 heteroatoms. The third-order valence-electron chi connectivity index (χ3n) is 6.56. The summed E-state index contributed by atoms with van der Waals surface area (Å²) < 4.78 is 15.8. The number of fused-ring (bicyclic) bond motifs is 3. The summed E-state index contributed by atoms with van der Waals surface area (Å²) in [5, 5.41) is 0. The van der Waals surface area contributed by atoms with Gasteiger partial charge < -0.3 is 0 Å². The van der Waals surface area contributed by atoms with Crippen molar-refractivity contribution in [2.24, 2.45) is 10.8 Å². The predicted octanol–water partition coefficient (Wildman–Crippen LogP) is 4.76. The van der Waals surface area contributed by atoms with Gasteiger partial charge in [-0.2, -0.15) is 0 Å². The van der Waals surface area contributed by atoms with Gasteiger partial charge in [-0.15, -0.1) is 0 Å². The lowest BCUT2D eigenvalue weighted by Gasteiger charge is -2.54. The Bertz CT molecular complexity index is 692. The van der Waals surface area contributed by atoms with Gasteiger partial charge in [0.2, 0.25) is 0 Å². The molecule has 3 aliphatic rings. The zero-order valence-corrected chi connectivity index (χ0v) is 15.1. The second-order valence-electron chi connectivity index (χ2n) is 9.21. The van der Waals surface area contributed by atoms with Crippen LogP contribution in [0.5, 0.6) is 0 Å². The van der Waals surface area contributed by atoms with Crippen LogP contribution in [0.25, 0.3) is 0 Å². The second-order valence-corrected chi connectivity index (χ2v) is 9.21. The van der Waals surface area contributed by atoms with Crippen molar-refractivity contribution >= 4 is 11.8 Å². The van der Waals surface area contributed by atoms with Gasteiger partial charge in [0, 0.05) is 6.54 Å². The van der Waals surface area contributed by atoms with E-state index in [0.29, 0.717) is 24.0 Å². The lowest BCUT2D eigenvalue weighted by atomic mass is 9.52. The molecule has 0 aromatic heterocycles. The minimum Gasteiger partial charge on any atom is -0.274 e. The average molecular weight is 343 g/mol. The largest absolute Gasteiger partial charge is 0.274 e. The van der Waals surface area contributed by atoms with Crippen LogP contribution in [0.3, 0.4) is 0 Å². The Labute approximate surface area is 148 Å². The highest BCUT2D eigenvalue weighted by molar-refractivity contribution is 6.21. The van der Waals surface area contributed by atoms with E-state index in [0.717, 1.165) is 19.3 Å². The Morgan fingerprint density at radius 2 is 1.48 bits per heavy atom. The third-order valence-corrected chi connectivity index (χ3v) is 6.56. The number of alkyl halides is 1. The van der Waals surface area contributed by atoms with Crippen molar-refractivity contribution in [2.45, 2.75) is 64.5 Å². The molecule has 2 amide bonds. The van der Waals surface area contributed by atoms with Crippen LogP contribution in [0, 0.1) is 10.8 Å². The summed E-state index contributed by atoms with van der Waals surface area (Å²) in [4.78, 5) is 26.2. The summed E-state index contributed by atoms with van der Waals surface area (Å²) in [5.74, 6) is -0.560. The van der Waals surface area contributed by atoms with E-state index in [2.05, 4.69) is 13.8 Å². The molecule has 2 saturated carbocycles. The standard InChI is InChI=1S/C21H26FNO2/c1-19-8-5-9-20(2,12-19)14-21(22,13-19)10-11-23-17(24)15-6-3-4-7-16(15)18(23)25/h3-4,6-7H,5,8-14H2,1-2H3. The lowest BCUT2D eigenvalue weighted by Crippen LogP contribution is -2.49. The van der Waals surface area contributed by atoms with Crippen molar-refractivity contribution in [1.29, 1.82) is 0 Å². The first-order chi connectivity index (χ1) is 11.7. The number of amides is 2. The number of imide groups is 1. The van der Waals surface area contributed by atoms with Gasteiger partial charge in [0.05, 0.1) is 11.1 Å². The smallest absolute Gasteiger partial charge is 0.261 e. The maximum Gasteiger partial charge on any atom is 0.261 e. The van der Waals surface area contributed by atoms with Gasteiger partial charge in [-0.1, -0.05) is 32.4 Å². The fourth-order valence-electron chi connectivity index (χ4n) is 5.97. The molecule has 1 aliphatic heterocycles. The van der Waals surface area contributed by atoms with Crippen LogP contribution in [0.1, 0.15) is 79.5 Å². The van der Waals surface area contributed by atoms with Crippen LogP contribution in [0.4, 0.5) is 4.39 Å². The van der Waals surface area contributed by atoms with Crippen molar-refractivity contribution in [3.63, 3.8) is 0 Å². The average Bonchev–Trinajstić information content (AvgIpc) is 2.75. The molecule has 0 spiro atoms. The quantitative estimate of drug-likeness (QED) is 0.742. The Hall–Kier alpha value is -1.71. The van der Waals surface area contributed by atoms with Crippen LogP contribution in [0.15, 0.2) is 24.3 Å². The Morgan fingerprint density at radius 1 is 0.960 bits per heavy atom. The topological polar surface area (TPSA) is 37.4 Å². The Balaban J connectivity index is 1.50. The number of benzene rings is 1. The number of nitrogens with zero attached hydrogens (tertiary/aromatic N) is 1. The minimum absolute atomic E-state index is 0.0575. The minimum atomic E-state index is -1.28. The number of halogens is 1. The van der Waals surface area contributed by atoms with Crippen molar-refractivity contribution in [2.75, 3.05) is 6.54 Å². The number of hydrogen-bond acceptors (Lipinski definition) is 2. The molecule has 0 N–H and O–H groups in total. The number of carbonyl (C=O) groups is 2. The SMILES string of the molecule is CC12CCCC(C)(C1)CC(F)(CCN1C(=O)c3ccccc3C1=O)C2. The summed E-state index contributed by atoms with van der Waals surface area (Å²) >= 11 is 0. The van der Waals surface area contributed by atoms with Gasteiger partial charge >= 0.3 is 0 Å². The molecule has 2 aliphatic carbocycles. The van der Waals surface area contributed by atoms with E-state index in [1.165, 1.54) is 11.3 Å². The normalized spacial score (nSPS) is 37.3. The zero-order valence-electron chi connectivity index (χ0n) is 15.1. The molecular formula is C21H26FNO2. The molecule has 4 rings (SSSR count). The molecule has 2 unspecified atom stereocenters. The van der Waals surface area contributed by atoms with Crippen LogP contribution < -0.4 is 0 Å². The molecule has 134 valence electrons. The summed E-state index contributed by atoms with van der Waals surface area (Å²) in [6, 6.07) is 6.87. The van der Waals surface area contributed by atoms with E-state index in [9.17, 15) is 9.59 Å². The first-order valence-electron chi connectivity index (χ1n) is 9.37. The lowest BCUT2D eigenvalue weighted by molar-refractivity contribution is -0.0794. The molecule has 2 atom stereocenters. The first kappa shape index (κ1) is 16.7. The summed E-state index contributed by atoms with van der Waals surface area (Å²) in [5.41, 5.74) is -0.277. The number of rotatable bonds is 3. The monoisotopic (exact) mass is 343 g/mol. The van der Waals surface area contributed by atoms with Crippen molar-refractivity contribution in [3.8, 4) is 0 Å². The highest BCUT2D eigenvalue weighted by Gasteiger charge is 2.53. The summed E-state index contributed by atoms with van der Waals surface area (Å²) in [6.45, 7) is 4.59. The molecular weight excluding hydrogens is 317 g/mol. The van der Waals surface area contributed by atoms with Crippen molar-refractivity contribution in [1.82, 2.24) is 4.90 Å². The first-order valence-corrected chi connectivity index (χ1v) is 9.37. The molecule has 2 fully saturated rings. The fourth-order valence-corrected chi connectivity index (χ4v) is 5.97. The van der Waals surface area contributed by atoms with Gasteiger partial charge in [0.1, 0.15) is 5.67 Å². The molecule has 0 saturated heterocycles. The van der Waals surface area contributed by atoms with E-state index in [1.54, 1.807) is 24.3 Å². The molecule has 3 nitrogen and oxygen atoms in total.